The van der Waals surface area contributed by atoms with Crippen molar-refractivity contribution in [3.63, 3.8) is 0 Å². The summed E-state index contributed by atoms with van der Waals surface area (Å²) in [7, 11) is 1.49. The number of nitrogens with two attached hydrogens (primary N) is 1. The molecule has 0 saturated carbocycles. The third-order valence-corrected chi connectivity index (χ3v) is 2.24. The van der Waals surface area contributed by atoms with Crippen LogP contribution in [-0.4, -0.2) is 56.1 Å². The normalized spacial score (nSPS) is 19.3. The number of nitrogens with one attached hydrogen (secondary N) is 1. The Balaban J connectivity index is 2.53. The molecular weight excluding hydrogens is 198 g/mol. The van der Waals surface area contributed by atoms with Gasteiger partial charge in [0.1, 0.15) is 6.04 Å². The summed E-state index contributed by atoms with van der Waals surface area (Å²) in [5, 5.41) is 2.70. The van der Waals surface area contributed by atoms with E-state index < -0.39 is 6.04 Å². The summed E-state index contributed by atoms with van der Waals surface area (Å²) < 4.78 is 4.80. The summed E-state index contributed by atoms with van der Waals surface area (Å²) in [4.78, 5) is 24.4. The van der Waals surface area contributed by atoms with Crippen molar-refractivity contribution in [3.05, 3.63) is 0 Å². The number of hydrogen-bond acceptors (Lipinski definition) is 4. The number of ether oxygens (including phenoxy) is 1. The summed E-state index contributed by atoms with van der Waals surface area (Å²) in [6.45, 7) is 1.45. The minimum atomic E-state index is -0.680. The Bertz CT molecular complexity index is 245. The molecule has 6 nitrogen and oxygen atoms in total. The van der Waals surface area contributed by atoms with Crippen molar-refractivity contribution in [2.24, 2.45) is 5.73 Å². The molecule has 1 heterocycles. The lowest BCUT2D eigenvalue weighted by atomic mass is 10.2. The van der Waals surface area contributed by atoms with E-state index in [0.717, 1.165) is 6.42 Å². The highest BCUT2D eigenvalue weighted by Gasteiger charge is 2.24. The third-order valence-electron chi connectivity index (χ3n) is 2.24. The van der Waals surface area contributed by atoms with Gasteiger partial charge in [-0.15, -0.1) is 0 Å². The number of hydrogen-bond donors (Lipinski definition) is 2. The zero-order valence-corrected chi connectivity index (χ0v) is 8.86. The summed E-state index contributed by atoms with van der Waals surface area (Å²) in [5.74, 6) is -0.362. The van der Waals surface area contributed by atoms with Gasteiger partial charge in [-0.2, -0.15) is 0 Å². The Kier molecular flexibility index (Phi) is 4.51. The molecule has 1 fully saturated rings. The van der Waals surface area contributed by atoms with Gasteiger partial charge in [0.2, 0.25) is 11.8 Å². The molecule has 0 aromatic rings. The number of methoxy groups -OCH3 is 1. The van der Waals surface area contributed by atoms with Crippen LogP contribution in [0.2, 0.25) is 0 Å². The van der Waals surface area contributed by atoms with Gasteiger partial charge in [0, 0.05) is 20.2 Å². The van der Waals surface area contributed by atoms with Gasteiger partial charge in [-0.1, -0.05) is 0 Å². The Morgan fingerprint density at radius 2 is 2.47 bits per heavy atom. The molecule has 1 aliphatic heterocycles. The zero-order valence-electron chi connectivity index (χ0n) is 8.86. The average molecular weight is 215 g/mol. The minimum absolute atomic E-state index is 0.0935. The molecule has 0 aromatic carbocycles. The molecule has 0 aliphatic carbocycles. The Morgan fingerprint density at radius 3 is 3.13 bits per heavy atom. The first-order valence-electron chi connectivity index (χ1n) is 4.95. The molecule has 1 unspecified atom stereocenters. The molecule has 86 valence electrons. The maximum Gasteiger partial charge on any atom is 0.242 e. The minimum Gasteiger partial charge on any atom is -0.383 e. The second kappa shape index (κ2) is 5.67. The van der Waals surface area contributed by atoms with E-state index in [4.69, 9.17) is 10.5 Å². The number of carbonyl (C=O) groups excluding carboxylic acids is 2. The standard InChI is InChI=1S/C9H17N3O3/c1-15-6-7(10)9(14)12-4-2-3-11-8(13)5-12/h7H,2-6,10H2,1H3,(H,11,13). The van der Waals surface area contributed by atoms with Crippen molar-refractivity contribution >= 4 is 11.8 Å². The predicted molar refractivity (Wildman–Crippen MR) is 54.1 cm³/mol. The molecule has 6 heteroatoms. The molecule has 1 aliphatic rings. The molecule has 1 rings (SSSR count). The summed E-state index contributed by atoms with van der Waals surface area (Å²) in [6, 6.07) is -0.680. The van der Waals surface area contributed by atoms with E-state index in [2.05, 4.69) is 5.32 Å². The van der Waals surface area contributed by atoms with Crippen molar-refractivity contribution in [1.82, 2.24) is 10.2 Å². The summed E-state index contributed by atoms with van der Waals surface area (Å²) in [5.41, 5.74) is 5.61. The smallest absolute Gasteiger partial charge is 0.242 e. The zero-order chi connectivity index (χ0) is 11.3. The first kappa shape index (κ1) is 11.9. The molecule has 0 radical (unpaired) electrons. The van der Waals surface area contributed by atoms with E-state index in [1.807, 2.05) is 0 Å². The van der Waals surface area contributed by atoms with Gasteiger partial charge < -0.3 is 20.7 Å². The quantitative estimate of drug-likeness (QED) is 0.588. The van der Waals surface area contributed by atoms with Gasteiger partial charge in [0.25, 0.3) is 0 Å². The van der Waals surface area contributed by atoms with Crippen LogP contribution < -0.4 is 11.1 Å². The van der Waals surface area contributed by atoms with Crippen LogP contribution in [0.4, 0.5) is 0 Å². The first-order valence-corrected chi connectivity index (χ1v) is 4.95. The van der Waals surface area contributed by atoms with Crippen molar-refractivity contribution in [1.29, 1.82) is 0 Å². The van der Waals surface area contributed by atoms with Gasteiger partial charge in [-0.3, -0.25) is 9.59 Å². The lowest BCUT2D eigenvalue weighted by Gasteiger charge is -2.22. The Morgan fingerprint density at radius 1 is 1.73 bits per heavy atom. The lowest BCUT2D eigenvalue weighted by molar-refractivity contribution is -0.137. The molecule has 0 aromatic heterocycles. The topological polar surface area (TPSA) is 84.7 Å². The highest BCUT2D eigenvalue weighted by Crippen LogP contribution is 1.99. The molecule has 0 bridgehead atoms. The maximum atomic E-state index is 11.7. The van der Waals surface area contributed by atoms with Crippen LogP contribution in [0.1, 0.15) is 6.42 Å². The van der Waals surface area contributed by atoms with E-state index in [9.17, 15) is 9.59 Å². The average Bonchev–Trinajstić information content (AvgIpc) is 2.42. The van der Waals surface area contributed by atoms with Gasteiger partial charge in [0.05, 0.1) is 13.2 Å². The number of rotatable bonds is 3. The molecular formula is C9H17N3O3. The number of amides is 2. The van der Waals surface area contributed by atoms with Crippen LogP contribution in [0.5, 0.6) is 0 Å². The second-order valence-electron chi connectivity index (χ2n) is 3.53. The fourth-order valence-electron chi connectivity index (χ4n) is 1.48. The fourth-order valence-corrected chi connectivity index (χ4v) is 1.48. The van der Waals surface area contributed by atoms with Gasteiger partial charge >= 0.3 is 0 Å². The molecule has 1 atom stereocenters. The van der Waals surface area contributed by atoms with Crippen LogP contribution in [-0.2, 0) is 14.3 Å². The molecule has 3 N–H and O–H groups in total. The van der Waals surface area contributed by atoms with Gasteiger partial charge in [-0.05, 0) is 6.42 Å². The SMILES string of the molecule is COCC(N)C(=O)N1CCCNC(=O)C1. The van der Waals surface area contributed by atoms with E-state index >= 15 is 0 Å². The van der Waals surface area contributed by atoms with Crippen molar-refractivity contribution in [2.75, 3.05) is 33.4 Å². The van der Waals surface area contributed by atoms with Crippen LogP contribution in [0, 0.1) is 0 Å². The van der Waals surface area contributed by atoms with Gasteiger partial charge in [-0.25, -0.2) is 0 Å². The van der Waals surface area contributed by atoms with Crippen LogP contribution in [0.15, 0.2) is 0 Å². The monoisotopic (exact) mass is 215 g/mol. The molecule has 1 saturated heterocycles. The predicted octanol–water partition coefficient (Wildman–Crippen LogP) is -1.69. The lowest BCUT2D eigenvalue weighted by Crippen LogP contribution is -2.48. The van der Waals surface area contributed by atoms with Crippen molar-refractivity contribution in [2.45, 2.75) is 12.5 Å². The maximum absolute atomic E-state index is 11.7. The van der Waals surface area contributed by atoms with E-state index in [1.54, 1.807) is 0 Å². The molecule has 15 heavy (non-hydrogen) atoms. The van der Waals surface area contributed by atoms with Crippen molar-refractivity contribution < 1.29 is 14.3 Å². The highest BCUT2D eigenvalue weighted by molar-refractivity contribution is 5.87. The Labute approximate surface area is 88.7 Å². The first-order chi connectivity index (χ1) is 7.15. The van der Waals surface area contributed by atoms with E-state index in [-0.39, 0.29) is 25.0 Å². The van der Waals surface area contributed by atoms with Crippen LogP contribution >= 0.6 is 0 Å². The molecule has 2 amide bonds. The second-order valence-corrected chi connectivity index (χ2v) is 3.53. The van der Waals surface area contributed by atoms with Crippen LogP contribution in [0.3, 0.4) is 0 Å². The van der Waals surface area contributed by atoms with E-state index in [1.165, 1.54) is 12.0 Å². The Hall–Kier alpha value is -1.14. The van der Waals surface area contributed by atoms with Gasteiger partial charge in [0.15, 0.2) is 0 Å². The van der Waals surface area contributed by atoms with Crippen LogP contribution in [0.25, 0.3) is 0 Å². The summed E-state index contributed by atoms with van der Waals surface area (Å²) in [6.07, 6.45) is 0.761. The highest BCUT2D eigenvalue weighted by atomic mass is 16.5. The number of nitrogens with zero attached hydrogens (tertiary/aromatic N) is 1. The largest absolute Gasteiger partial charge is 0.383 e. The van der Waals surface area contributed by atoms with Crippen molar-refractivity contribution in [3.8, 4) is 0 Å². The number of carbonyl (C=O) groups is 2. The summed E-state index contributed by atoms with van der Waals surface area (Å²) >= 11 is 0. The van der Waals surface area contributed by atoms with E-state index in [0.29, 0.717) is 13.1 Å². The third kappa shape index (κ3) is 3.49. The molecule has 0 spiro atoms. The fraction of sp³-hybridized carbons (Fsp3) is 0.778.